The standard InChI is InChI=1S/C20H16Cl3F3N2O2/c1-2-7-27-18(29)14-12(25)5-6-13(17(14)26)28-19(30)16-15(20(16,22)23)9-3-4-11(24)10(21)8-9/h3-6,8,15-16H,2,7H2,1H3,(H,27,29)(H,28,30). The predicted molar refractivity (Wildman–Crippen MR) is 110 cm³/mol. The van der Waals surface area contributed by atoms with Crippen LogP contribution < -0.4 is 10.6 Å². The molecule has 2 N–H and O–H groups in total. The van der Waals surface area contributed by atoms with Crippen LogP contribution in [0, 0.1) is 23.4 Å². The Labute approximate surface area is 185 Å². The van der Waals surface area contributed by atoms with Crippen LogP contribution >= 0.6 is 34.8 Å². The first-order valence-electron chi connectivity index (χ1n) is 8.99. The molecule has 1 fully saturated rings. The van der Waals surface area contributed by atoms with E-state index in [1.807, 2.05) is 0 Å². The summed E-state index contributed by atoms with van der Waals surface area (Å²) in [5.41, 5.74) is -0.761. The van der Waals surface area contributed by atoms with Crippen molar-refractivity contribution in [1.82, 2.24) is 5.32 Å². The lowest BCUT2D eigenvalue weighted by molar-refractivity contribution is -0.117. The van der Waals surface area contributed by atoms with Crippen molar-refractivity contribution in [2.24, 2.45) is 5.92 Å². The van der Waals surface area contributed by atoms with Gasteiger partial charge >= 0.3 is 0 Å². The van der Waals surface area contributed by atoms with E-state index in [1.165, 1.54) is 12.1 Å². The van der Waals surface area contributed by atoms with Crippen LogP contribution in [0.2, 0.25) is 5.02 Å². The largest absolute Gasteiger partial charge is 0.352 e. The minimum atomic E-state index is -1.52. The van der Waals surface area contributed by atoms with E-state index < -0.39 is 56.7 Å². The highest BCUT2D eigenvalue weighted by Crippen LogP contribution is 2.65. The summed E-state index contributed by atoms with van der Waals surface area (Å²) in [5, 5.41) is 4.52. The van der Waals surface area contributed by atoms with E-state index in [0.717, 1.165) is 18.2 Å². The fraction of sp³-hybridized carbons (Fsp3) is 0.300. The quantitative estimate of drug-likeness (QED) is 0.543. The van der Waals surface area contributed by atoms with Crippen LogP contribution in [-0.4, -0.2) is 22.7 Å². The lowest BCUT2D eigenvalue weighted by Crippen LogP contribution is -2.27. The van der Waals surface area contributed by atoms with E-state index in [4.69, 9.17) is 34.8 Å². The van der Waals surface area contributed by atoms with Crippen LogP contribution in [0.15, 0.2) is 30.3 Å². The van der Waals surface area contributed by atoms with Gasteiger partial charge in [-0.3, -0.25) is 9.59 Å². The second kappa shape index (κ2) is 8.65. The second-order valence-corrected chi connectivity index (χ2v) is 8.68. The Balaban J connectivity index is 1.82. The second-order valence-electron chi connectivity index (χ2n) is 6.83. The van der Waals surface area contributed by atoms with Crippen molar-refractivity contribution in [2.75, 3.05) is 11.9 Å². The van der Waals surface area contributed by atoms with Gasteiger partial charge in [0.1, 0.15) is 21.5 Å². The number of nitrogens with one attached hydrogen (secondary N) is 2. The van der Waals surface area contributed by atoms with Crippen LogP contribution in [-0.2, 0) is 4.79 Å². The van der Waals surface area contributed by atoms with Gasteiger partial charge in [0.2, 0.25) is 5.91 Å². The molecule has 0 radical (unpaired) electrons. The number of hydrogen-bond acceptors (Lipinski definition) is 2. The number of carbonyl (C=O) groups is 2. The molecule has 2 aromatic carbocycles. The summed E-state index contributed by atoms with van der Waals surface area (Å²) in [7, 11) is 0. The number of alkyl halides is 2. The lowest BCUT2D eigenvalue weighted by Gasteiger charge is -2.11. The van der Waals surface area contributed by atoms with Crippen molar-refractivity contribution in [1.29, 1.82) is 0 Å². The topological polar surface area (TPSA) is 58.2 Å². The number of halogens is 6. The van der Waals surface area contributed by atoms with Gasteiger partial charge in [-0.25, -0.2) is 13.2 Å². The molecule has 3 rings (SSSR count). The summed E-state index contributed by atoms with van der Waals surface area (Å²) in [6.07, 6.45) is 0.579. The first-order valence-corrected chi connectivity index (χ1v) is 10.1. The number of anilines is 1. The molecule has 0 bridgehead atoms. The third kappa shape index (κ3) is 4.24. The van der Waals surface area contributed by atoms with Crippen LogP contribution in [0.4, 0.5) is 18.9 Å². The zero-order valence-electron chi connectivity index (χ0n) is 15.5. The monoisotopic (exact) mass is 478 g/mol. The smallest absolute Gasteiger partial charge is 0.257 e. The summed E-state index contributed by atoms with van der Waals surface area (Å²) < 4.78 is 40.6. The third-order valence-corrected chi connectivity index (χ3v) is 5.98. The average Bonchev–Trinajstić information content (AvgIpc) is 3.26. The number of hydrogen-bond donors (Lipinski definition) is 2. The van der Waals surface area contributed by atoms with Gasteiger partial charge in [0.05, 0.1) is 16.6 Å². The van der Waals surface area contributed by atoms with E-state index in [1.54, 1.807) is 6.92 Å². The van der Waals surface area contributed by atoms with Crippen LogP contribution in [0.5, 0.6) is 0 Å². The molecular weight excluding hydrogens is 464 g/mol. The van der Waals surface area contributed by atoms with Crippen molar-refractivity contribution in [3.05, 3.63) is 63.9 Å². The van der Waals surface area contributed by atoms with Gasteiger partial charge in [-0.1, -0.05) is 24.6 Å². The van der Waals surface area contributed by atoms with Gasteiger partial charge in [-0.05, 0) is 36.2 Å². The molecule has 2 aromatic rings. The van der Waals surface area contributed by atoms with Gasteiger partial charge < -0.3 is 10.6 Å². The van der Waals surface area contributed by atoms with Gasteiger partial charge in [-0.15, -0.1) is 23.2 Å². The molecular formula is C20H16Cl3F3N2O2. The maximum absolute atomic E-state index is 14.7. The van der Waals surface area contributed by atoms with Crippen LogP contribution in [0.3, 0.4) is 0 Å². The molecule has 0 heterocycles. The third-order valence-electron chi connectivity index (χ3n) is 4.75. The van der Waals surface area contributed by atoms with Crippen LogP contribution in [0.25, 0.3) is 0 Å². The summed E-state index contributed by atoms with van der Waals surface area (Å²) in [6.45, 7) is 2.02. The molecule has 1 saturated carbocycles. The molecule has 1 aliphatic rings. The van der Waals surface area contributed by atoms with E-state index in [-0.39, 0.29) is 11.6 Å². The molecule has 30 heavy (non-hydrogen) atoms. The number of rotatable bonds is 6. The Morgan fingerprint density at radius 3 is 2.40 bits per heavy atom. The van der Waals surface area contributed by atoms with E-state index in [2.05, 4.69) is 10.6 Å². The van der Waals surface area contributed by atoms with Crippen molar-refractivity contribution in [3.8, 4) is 0 Å². The molecule has 4 nitrogen and oxygen atoms in total. The number of carbonyl (C=O) groups excluding carboxylic acids is 2. The number of benzene rings is 2. The Morgan fingerprint density at radius 2 is 1.77 bits per heavy atom. The predicted octanol–water partition coefficient (Wildman–Crippen LogP) is 5.42. The fourth-order valence-corrected chi connectivity index (χ4v) is 4.19. The minimum absolute atomic E-state index is 0.157. The minimum Gasteiger partial charge on any atom is -0.352 e. The van der Waals surface area contributed by atoms with Crippen LogP contribution in [0.1, 0.15) is 35.2 Å². The fourth-order valence-electron chi connectivity index (χ4n) is 3.17. The van der Waals surface area contributed by atoms with Gasteiger partial charge in [0.15, 0.2) is 5.82 Å². The highest BCUT2D eigenvalue weighted by molar-refractivity contribution is 6.53. The molecule has 2 amide bonds. The summed E-state index contributed by atoms with van der Waals surface area (Å²) in [5.74, 6) is -6.30. The molecule has 1 aliphatic carbocycles. The summed E-state index contributed by atoms with van der Waals surface area (Å²) in [4.78, 5) is 24.7. The molecule has 2 atom stereocenters. The van der Waals surface area contributed by atoms with Crippen molar-refractivity contribution >= 4 is 52.3 Å². The normalized spacial score (nSPS) is 19.3. The SMILES string of the molecule is CCCNC(=O)c1c(F)ccc(NC(=O)C2C(c3ccc(F)c(Cl)c3)C2(Cl)Cl)c1F. The van der Waals surface area contributed by atoms with E-state index in [9.17, 15) is 22.8 Å². The molecule has 0 aromatic heterocycles. The molecule has 160 valence electrons. The van der Waals surface area contributed by atoms with Gasteiger partial charge in [0.25, 0.3) is 5.91 Å². The maximum Gasteiger partial charge on any atom is 0.257 e. The Morgan fingerprint density at radius 1 is 1.10 bits per heavy atom. The first-order chi connectivity index (χ1) is 14.1. The molecule has 10 heteroatoms. The molecule has 0 aliphatic heterocycles. The van der Waals surface area contributed by atoms with Crippen molar-refractivity contribution in [3.63, 3.8) is 0 Å². The Bertz CT molecular complexity index is 1020. The lowest BCUT2D eigenvalue weighted by atomic mass is 10.1. The molecule has 2 unspecified atom stereocenters. The van der Waals surface area contributed by atoms with Crippen molar-refractivity contribution < 1.29 is 22.8 Å². The highest BCUT2D eigenvalue weighted by atomic mass is 35.5. The molecule has 0 saturated heterocycles. The van der Waals surface area contributed by atoms with Gasteiger partial charge in [0, 0.05) is 12.5 Å². The van der Waals surface area contributed by atoms with E-state index in [0.29, 0.717) is 12.0 Å². The first kappa shape index (κ1) is 22.7. The zero-order valence-corrected chi connectivity index (χ0v) is 17.8. The molecule has 0 spiro atoms. The maximum atomic E-state index is 14.7. The Kier molecular flexibility index (Phi) is 6.55. The summed E-state index contributed by atoms with van der Waals surface area (Å²) >= 11 is 18.2. The van der Waals surface area contributed by atoms with E-state index >= 15 is 0 Å². The Hall–Kier alpha value is -1.96. The van der Waals surface area contributed by atoms with Gasteiger partial charge in [-0.2, -0.15) is 0 Å². The average molecular weight is 480 g/mol. The zero-order chi connectivity index (χ0) is 22.2. The number of amides is 2. The van der Waals surface area contributed by atoms with Crippen molar-refractivity contribution in [2.45, 2.75) is 23.6 Å². The summed E-state index contributed by atoms with van der Waals surface area (Å²) in [6, 6.07) is 5.69. The highest BCUT2D eigenvalue weighted by Gasteiger charge is 2.67.